The van der Waals surface area contributed by atoms with Crippen LogP contribution in [0.1, 0.15) is 24.8 Å². The lowest BCUT2D eigenvalue weighted by Crippen LogP contribution is -2.39. The first-order valence-electron chi connectivity index (χ1n) is 11.6. The van der Waals surface area contributed by atoms with Crippen molar-refractivity contribution < 1.29 is 4.79 Å². The van der Waals surface area contributed by atoms with Crippen molar-refractivity contribution in [2.45, 2.75) is 26.2 Å². The van der Waals surface area contributed by atoms with Crippen LogP contribution < -0.4 is 10.2 Å². The summed E-state index contributed by atoms with van der Waals surface area (Å²) in [6.45, 7) is 6.13. The topological polar surface area (TPSA) is 35.6 Å². The van der Waals surface area contributed by atoms with Crippen molar-refractivity contribution in [2.75, 3.05) is 36.4 Å². The fraction of sp³-hybridized carbons (Fsp3) is 0.321. The number of carbonyl (C=O) groups is 1. The SMILES string of the molecule is Cc1cccc(NC(=O)CC2CCN(CCN(c3ccccc3)c3ccccc3)CC2)c1. The zero-order chi connectivity index (χ0) is 22.2. The molecule has 3 aromatic carbocycles. The van der Waals surface area contributed by atoms with Crippen molar-refractivity contribution in [3.63, 3.8) is 0 Å². The Morgan fingerprint density at radius 3 is 2.12 bits per heavy atom. The molecule has 0 aliphatic carbocycles. The van der Waals surface area contributed by atoms with Crippen LogP contribution >= 0.6 is 0 Å². The average Bonchev–Trinajstić information content (AvgIpc) is 2.82. The van der Waals surface area contributed by atoms with Crippen molar-refractivity contribution in [3.8, 4) is 0 Å². The summed E-state index contributed by atoms with van der Waals surface area (Å²) in [5.74, 6) is 0.601. The Hall–Kier alpha value is -3.11. The molecule has 0 atom stereocenters. The Morgan fingerprint density at radius 1 is 0.906 bits per heavy atom. The van der Waals surface area contributed by atoms with Crippen LogP contribution in [0.25, 0.3) is 0 Å². The van der Waals surface area contributed by atoms with E-state index < -0.39 is 0 Å². The van der Waals surface area contributed by atoms with Gasteiger partial charge in [-0.2, -0.15) is 0 Å². The number of amides is 1. The molecule has 0 bridgehead atoms. The van der Waals surface area contributed by atoms with Crippen LogP contribution in [0.3, 0.4) is 0 Å². The van der Waals surface area contributed by atoms with E-state index in [0.29, 0.717) is 12.3 Å². The lowest BCUT2D eigenvalue weighted by molar-refractivity contribution is -0.117. The lowest BCUT2D eigenvalue weighted by Gasteiger charge is -2.34. The monoisotopic (exact) mass is 427 g/mol. The number of hydrogen-bond donors (Lipinski definition) is 1. The van der Waals surface area contributed by atoms with Gasteiger partial charge in [-0.15, -0.1) is 0 Å². The minimum atomic E-state index is 0.133. The molecule has 32 heavy (non-hydrogen) atoms. The molecule has 166 valence electrons. The van der Waals surface area contributed by atoms with Crippen LogP contribution in [0.5, 0.6) is 0 Å². The van der Waals surface area contributed by atoms with Crippen LogP contribution in [-0.4, -0.2) is 37.0 Å². The Labute approximate surface area is 191 Å². The van der Waals surface area contributed by atoms with Gasteiger partial charge in [-0.3, -0.25) is 4.79 Å². The number of piperidine rings is 1. The quantitative estimate of drug-likeness (QED) is 0.488. The highest BCUT2D eigenvalue weighted by atomic mass is 16.1. The van der Waals surface area contributed by atoms with Crippen LogP contribution in [0, 0.1) is 12.8 Å². The Kier molecular flexibility index (Phi) is 7.57. The molecule has 1 heterocycles. The van der Waals surface area contributed by atoms with Crippen LogP contribution in [0.15, 0.2) is 84.9 Å². The Balaban J connectivity index is 1.26. The summed E-state index contributed by atoms with van der Waals surface area (Å²) in [6, 6.07) is 29.2. The molecule has 4 nitrogen and oxygen atoms in total. The smallest absolute Gasteiger partial charge is 0.224 e. The third-order valence-electron chi connectivity index (χ3n) is 6.26. The number of hydrogen-bond acceptors (Lipinski definition) is 3. The van der Waals surface area contributed by atoms with Gasteiger partial charge in [-0.1, -0.05) is 48.5 Å². The van der Waals surface area contributed by atoms with E-state index >= 15 is 0 Å². The van der Waals surface area contributed by atoms with Gasteiger partial charge in [-0.05, 0) is 80.7 Å². The number of para-hydroxylation sites is 2. The van der Waals surface area contributed by atoms with E-state index in [-0.39, 0.29) is 5.91 Å². The molecule has 1 aliphatic heterocycles. The maximum atomic E-state index is 12.5. The predicted molar refractivity (Wildman–Crippen MR) is 133 cm³/mol. The van der Waals surface area contributed by atoms with Gasteiger partial charge in [0.2, 0.25) is 5.91 Å². The average molecular weight is 428 g/mol. The number of benzene rings is 3. The molecule has 1 amide bonds. The molecule has 1 fully saturated rings. The van der Waals surface area contributed by atoms with Crippen LogP contribution in [0.2, 0.25) is 0 Å². The van der Waals surface area contributed by atoms with E-state index in [1.54, 1.807) is 0 Å². The third kappa shape index (κ3) is 6.21. The lowest BCUT2D eigenvalue weighted by atomic mass is 9.93. The van der Waals surface area contributed by atoms with Crippen molar-refractivity contribution in [2.24, 2.45) is 5.92 Å². The number of carbonyl (C=O) groups excluding carboxylic acids is 1. The second-order valence-electron chi connectivity index (χ2n) is 8.73. The standard InChI is InChI=1S/C28H33N3O/c1-23-9-8-10-25(21-23)29-28(32)22-24-15-17-30(18-16-24)19-20-31(26-11-4-2-5-12-26)27-13-6-3-7-14-27/h2-14,21,24H,15-20,22H2,1H3,(H,29,32). The summed E-state index contributed by atoms with van der Waals surface area (Å²) in [6.07, 6.45) is 2.78. The predicted octanol–water partition coefficient (Wildman–Crippen LogP) is 5.87. The molecule has 3 aromatic rings. The minimum absolute atomic E-state index is 0.133. The highest BCUT2D eigenvalue weighted by molar-refractivity contribution is 5.90. The molecular weight excluding hydrogens is 394 g/mol. The van der Waals surface area contributed by atoms with E-state index in [2.05, 4.69) is 75.8 Å². The van der Waals surface area contributed by atoms with Gasteiger partial charge in [0.15, 0.2) is 0 Å². The van der Waals surface area contributed by atoms with E-state index in [1.807, 2.05) is 31.2 Å². The Bertz CT molecular complexity index is 942. The van der Waals surface area contributed by atoms with Crippen molar-refractivity contribution in [1.82, 2.24) is 4.90 Å². The van der Waals surface area contributed by atoms with Crippen molar-refractivity contribution in [3.05, 3.63) is 90.5 Å². The van der Waals surface area contributed by atoms with Gasteiger partial charge in [0.25, 0.3) is 0 Å². The van der Waals surface area contributed by atoms with Gasteiger partial charge < -0.3 is 15.1 Å². The highest BCUT2D eigenvalue weighted by Crippen LogP contribution is 2.26. The van der Waals surface area contributed by atoms with E-state index in [1.165, 1.54) is 11.4 Å². The normalized spacial score (nSPS) is 14.8. The number of nitrogens with zero attached hydrogens (tertiary/aromatic N) is 2. The number of aryl methyl sites for hydroxylation is 1. The van der Waals surface area contributed by atoms with Gasteiger partial charge in [0.05, 0.1) is 0 Å². The zero-order valence-electron chi connectivity index (χ0n) is 18.9. The minimum Gasteiger partial charge on any atom is -0.340 e. The summed E-state index contributed by atoms with van der Waals surface area (Å²) in [5.41, 5.74) is 4.51. The largest absolute Gasteiger partial charge is 0.340 e. The summed E-state index contributed by atoms with van der Waals surface area (Å²) in [7, 11) is 0. The third-order valence-corrected chi connectivity index (χ3v) is 6.26. The number of rotatable bonds is 8. The second kappa shape index (κ2) is 11.0. The van der Waals surface area contributed by atoms with Gasteiger partial charge in [0, 0.05) is 36.6 Å². The fourth-order valence-corrected chi connectivity index (χ4v) is 4.48. The number of anilines is 3. The fourth-order valence-electron chi connectivity index (χ4n) is 4.48. The van der Waals surface area contributed by atoms with E-state index in [0.717, 1.165) is 50.3 Å². The molecule has 1 N–H and O–H groups in total. The first-order valence-corrected chi connectivity index (χ1v) is 11.6. The maximum absolute atomic E-state index is 12.5. The molecule has 0 spiro atoms. The molecule has 4 rings (SSSR count). The summed E-state index contributed by atoms with van der Waals surface area (Å²) in [5, 5.41) is 3.06. The molecular formula is C28H33N3O. The molecule has 4 heteroatoms. The maximum Gasteiger partial charge on any atom is 0.224 e. The number of likely N-dealkylation sites (tertiary alicyclic amines) is 1. The van der Waals surface area contributed by atoms with Crippen molar-refractivity contribution >= 4 is 23.0 Å². The first kappa shape index (κ1) is 22.1. The molecule has 0 radical (unpaired) electrons. The van der Waals surface area contributed by atoms with Crippen LogP contribution in [0.4, 0.5) is 17.1 Å². The Morgan fingerprint density at radius 2 is 1.53 bits per heavy atom. The first-order chi connectivity index (χ1) is 15.7. The van der Waals surface area contributed by atoms with Crippen LogP contribution in [-0.2, 0) is 4.79 Å². The highest BCUT2D eigenvalue weighted by Gasteiger charge is 2.22. The molecule has 0 unspecified atom stereocenters. The van der Waals surface area contributed by atoms with E-state index in [4.69, 9.17) is 0 Å². The molecule has 1 saturated heterocycles. The van der Waals surface area contributed by atoms with E-state index in [9.17, 15) is 4.79 Å². The second-order valence-corrected chi connectivity index (χ2v) is 8.73. The summed E-state index contributed by atoms with van der Waals surface area (Å²) >= 11 is 0. The molecule has 0 saturated carbocycles. The van der Waals surface area contributed by atoms with Gasteiger partial charge >= 0.3 is 0 Å². The van der Waals surface area contributed by atoms with Gasteiger partial charge in [-0.25, -0.2) is 0 Å². The van der Waals surface area contributed by atoms with Gasteiger partial charge in [0.1, 0.15) is 0 Å². The van der Waals surface area contributed by atoms with Crippen molar-refractivity contribution in [1.29, 1.82) is 0 Å². The number of nitrogens with one attached hydrogen (secondary N) is 1. The zero-order valence-corrected chi connectivity index (χ0v) is 18.9. The summed E-state index contributed by atoms with van der Waals surface area (Å²) in [4.78, 5) is 17.4. The molecule has 0 aromatic heterocycles. The summed E-state index contributed by atoms with van der Waals surface area (Å²) < 4.78 is 0. The molecule has 1 aliphatic rings.